The van der Waals surface area contributed by atoms with Crippen LogP contribution in [0, 0.1) is 11.8 Å². The molecule has 100 valence electrons. The van der Waals surface area contributed by atoms with Crippen molar-refractivity contribution in [3.05, 3.63) is 35.4 Å². The Labute approximate surface area is 111 Å². The zero-order chi connectivity index (χ0) is 13.1. The van der Waals surface area contributed by atoms with Gasteiger partial charge in [-0.25, -0.2) is 0 Å². The monoisotopic (exact) mass is 246 g/mol. The Morgan fingerprint density at radius 3 is 2.33 bits per heavy atom. The molecule has 1 aliphatic carbocycles. The molecule has 2 rings (SSSR count). The van der Waals surface area contributed by atoms with Crippen molar-refractivity contribution in [2.24, 2.45) is 11.8 Å². The van der Waals surface area contributed by atoms with E-state index in [4.69, 9.17) is 0 Å². The lowest BCUT2D eigenvalue weighted by Crippen LogP contribution is -2.24. The van der Waals surface area contributed by atoms with Gasteiger partial charge in [-0.15, -0.1) is 0 Å². The van der Waals surface area contributed by atoms with Crippen LogP contribution in [0.2, 0.25) is 0 Å². The SMILES string of the molecule is CC(C)c1ccc(CC(O)C2CCCC2C)cc1. The summed E-state index contributed by atoms with van der Waals surface area (Å²) < 4.78 is 0. The summed E-state index contributed by atoms with van der Waals surface area (Å²) in [7, 11) is 0. The predicted octanol–water partition coefficient (Wildman–Crippen LogP) is 4.15. The van der Waals surface area contributed by atoms with Gasteiger partial charge in [-0.2, -0.15) is 0 Å². The Morgan fingerprint density at radius 1 is 1.17 bits per heavy atom. The van der Waals surface area contributed by atoms with E-state index in [0.717, 1.165) is 6.42 Å². The predicted molar refractivity (Wildman–Crippen MR) is 76.7 cm³/mol. The molecule has 3 atom stereocenters. The minimum Gasteiger partial charge on any atom is -0.392 e. The minimum atomic E-state index is -0.160. The van der Waals surface area contributed by atoms with Crippen molar-refractivity contribution in [1.82, 2.24) is 0 Å². The van der Waals surface area contributed by atoms with E-state index in [9.17, 15) is 5.11 Å². The first-order chi connectivity index (χ1) is 8.58. The number of aliphatic hydroxyl groups is 1. The summed E-state index contributed by atoms with van der Waals surface area (Å²) in [5, 5.41) is 10.4. The average molecular weight is 246 g/mol. The highest BCUT2D eigenvalue weighted by molar-refractivity contribution is 5.25. The van der Waals surface area contributed by atoms with Crippen molar-refractivity contribution in [2.75, 3.05) is 0 Å². The van der Waals surface area contributed by atoms with Crippen LogP contribution in [0.1, 0.15) is 57.1 Å². The summed E-state index contributed by atoms with van der Waals surface area (Å²) in [5.74, 6) is 1.78. The molecule has 0 heterocycles. The Morgan fingerprint density at radius 2 is 1.83 bits per heavy atom. The van der Waals surface area contributed by atoms with Gasteiger partial charge in [0.25, 0.3) is 0 Å². The number of hydrogen-bond acceptors (Lipinski definition) is 1. The molecule has 1 fully saturated rings. The van der Waals surface area contributed by atoms with E-state index in [1.807, 2.05) is 0 Å². The topological polar surface area (TPSA) is 20.2 Å². The molecule has 3 unspecified atom stereocenters. The molecule has 0 bridgehead atoms. The number of rotatable bonds is 4. The molecule has 1 N–H and O–H groups in total. The Kier molecular flexibility index (Phi) is 4.45. The van der Waals surface area contributed by atoms with E-state index in [1.54, 1.807) is 0 Å². The largest absolute Gasteiger partial charge is 0.392 e. The van der Waals surface area contributed by atoms with Gasteiger partial charge < -0.3 is 5.11 Å². The zero-order valence-corrected chi connectivity index (χ0v) is 11.9. The smallest absolute Gasteiger partial charge is 0.0611 e. The molecule has 18 heavy (non-hydrogen) atoms. The molecule has 1 aliphatic rings. The maximum atomic E-state index is 10.4. The molecule has 1 saturated carbocycles. The van der Waals surface area contributed by atoms with Crippen molar-refractivity contribution in [3.8, 4) is 0 Å². The van der Waals surface area contributed by atoms with E-state index >= 15 is 0 Å². The van der Waals surface area contributed by atoms with Crippen LogP contribution in [0.4, 0.5) is 0 Å². The first kappa shape index (κ1) is 13.6. The molecule has 1 aromatic rings. The van der Waals surface area contributed by atoms with Gasteiger partial charge in [-0.05, 0) is 41.7 Å². The van der Waals surface area contributed by atoms with Crippen LogP contribution >= 0.6 is 0 Å². The van der Waals surface area contributed by atoms with Gasteiger partial charge in [0.05, 0.1) is 6.10 Å². The lowest BCUT2D eigenvalue weighted by atomic mass is 9.88. The van der Waals surface area contributed by atoms with Crippen LogP contribution in [0.3, 0.4) is 0 Å². The third-order valence-corrected chi connectivity index (χ3v) is 4.51. The van der Waals surface area contributed by atoms with Gasteiger partial charge in [-0.3, -0.25) is 0 Å². The van der Waals surface area contributed by atoms with E-state index in [0.29, 0.717) is 17.8 Å². The zero-order valence-electron chi connectivity index (χ0n) is 11.9. The molecule has 0 aliphatic heterocycles. The highest BCUT2D eigenvalue weighted by Gasteiger charge is 2.29. The maximum absolute atomic E-state index is 10.4. The van der Waals surface area contributed by atoms with Gasteiger partial charge >= 0.3 is 0 Å². The van der Waals surface area contributed by atoms with Gasteiger partial charge in [0.1, 0.15) is 0 Å². The second kappa shape index (κ2) is 5.88. The Hall–Kier alpha value is -0.820. The molecular formula is C17H26O. The Bertz CT molecular complexity index is 366. The van der Waals surface area contributed by atoms with E-state index in [2.05, 4.69) is 45.0 Å². The van der Waals surface area contributed by atoms with Gasteiger partial charge in [0.2, 0.25) is 0 Å². The Balaban J connectivity index is 1.96. The van der Waals surface area contributed by atoms with Crippen molar-refractivity contribution < 1.29 is 5.11 Å². The summed E-state index contributed by atoms with van der Waals surface area (Å²) in [4.78, 5) is 0. The average Bonchev–Trinajstić information content (AvgIpc) is 2.76. The summed E-state index contributed by atoms with van der Waals surface area (Å²) >= 11 is 0. The highest BCUT2D eigenvalue weighted by Crippen LogP contribution is 2.34. The summed E-state index contributed by atoms with van der Waals surface area (Å²) in [6.07, 6.45) is 4.43. The molecule has 0 aromatic heterocycles. The lowest BCUT2D eigenvalue weighted by Gasteiger charge is -2.22. The number of aliphatic hydroxyl groups excluding tert-OH is 1. The molecule has 0 spiro atoms. The highest BCUT2D eigenvalue weighted by atomic mass is 16.3. The summed E-state index contributed by atoms with van der Waals surface area (Å²) in [5.41, 5.74) is 2.65. The van der Waals surface area contributed by atoms with E-state index in [1.165, 1.54) is 30.4 Å². The first-order valence-electron chi connectivity index (χ1n) is 7.35. The molecule has 0 radical (unpaired) electrons. The molecule has 0 amide bonds. The molecule has 1 heteroatoms. The molecule has 1 nitrogen and oxygen atoms in total. The van der Waals surface area contributed by atoms with Crippen molar-refractivity contribution in [3.63, 3.8) is 0 Å². The van der Waals surface area contributed by atoms with Crippen LogP contribution in [-0.4, -0.2) is 11.2 Å². The summed E-state index contributed by atoms with van der Waals surface area (Å²) in [6, 6.07) is 8.76. The van der Waals surface area contributed by atoms with Crippen molar-refractivity contribution in [1.29, 1.82) is 0 Å². The standard InChI is InChI=1S/C17H26O/c1-12(2)15-9-7-14(8-10-15)11-17(18)16-6-4-5-13(16)3/h7-10,12-13,16-18H,4-6,11H2,1-3H3. The van der Waals surface area contributed by atoms with Crippen LogP contribution in [-0.2, 0) is 6.42 Å². The van der Waals surface area contributed by atoms with Gasteiger partial charge in [0.15, 0.2) is 0 Å². The third kappa shape index (κ3) is 3.14. The van der Waals surface area contributed by atoms with Crippen LogP contribution in [0.5, 0.6) is 0 Å². The van der Waals surface area contributed by atoms with Crippen molar-refractivity contribution in [2.45, 2.75) is 58.5 Å². The molecule has 1 aromatic carbocycles. The summed E-state index contributed by atoms with van der Waals surface area (Å²) in [6.45, 7) is 6.71. The first-order valence-corrected chi connectivity index (χ1v) is 7.35. The van der Waals surface area contributed by atoms with Gasteiger partial charge in [-0.1, -0.05) is 57.9 Å². The lowest BCUT2D eigenvalue weighted by molar-refractivity contribution is 0.0902. The normalized spacial score (nSPS) is 25.6. The van der Waals surface area contributed by atoms with E-state index < -0.39 is 0 Å². The van der Waals surface area contributed by atoms with E-state index in [-0.39, 0.29) is 6.10 Å². The minimum absolute atomic E-state index is 0.160. The number of hydrogen-bond donors (Lipinski definition) is 1. The second-order valence-corrected chi connectivity index (χ2v) is 6.24. The maximum Gasteiger partial charge on any atom is 0.0611 e. The fourth-order valence-corrected chi connectivity index (χ4v) is 3.18. The quantitative estimate of drug-likeness (QED) is 0.846. The second-order valence-electron chi connectivity index (χ2n) is 6.24. The molecule has 0 saturated heterocycles. The number of benzene rings is 1. The van der Waals surface area contributed by atoms with Crippen molar-refractivity contribution >= 4 is 0 Å². The van der Waals surface area contributed by atoms with Crippen LogP contribution in [0.15, 0.2) is 24.3 Å². The third-order valence-electron chi connectivity index (χ3n) is 4.51. The van der Waals surface area contributed by atoms with Crippen LogP contribution < -0.4 is 0 Å². The van der Waals surface area contributed by atoms with Gasteiger partial charge in [0, 0.05) is 0 Å². The fourth-order valence-electron chi connectivity index (χ4n) is 3.18. The van der Waals surface area contributed by atoms with Crippen LogP contribution in [0.25, 0.3) is 0 Å². The fraction of sp³-hybridized carbons (Fsp3) is 0.647. The molecular weight excluding hydrogens is 220 g/mol.